The molecule has 88 valence electrons. The minimum Gasteiger partial charge on any atom is -0.370 e. The number of fused-ring (bicyclic) bond motifs is 1. The smallest absolute Gasteiger partial charge is 0.257 e. The summed E-state index contributed by atoms with van der Waals surface area (Å²) in [6.07, 6.45) is 0.688. The van der Waals surface area contributed by atoms with Gasteiger partial charge < -0.3 is 9.72 Å². The Kier molecular flexibility index (Phi) is 2.99. The van der Waals surface area contributed by atoms with E-state index in [2.05, 4.69) is 9.97 Å². The van der Waals surface area contributed by atoms with Gasteiger partial charge in [-0.05, 0) is 25.1 Å². The topological polar surface area (TPSA) is 57.9 Å². The summed E-state index contributed by atoms with van der Waals surface area (Å²) >= 11 is 4.98. The van der Waals surface area contributed by atoms with E-state index in [-0.39, 0.29) is 23.7 Å². The molecule has 0 saturated heterocycles. The minimum absolute atomic E-state index is 0.118. The fourth-order valence-electron chi connectivity index (χ4n) is 2.15. The van der Waals surface area contributed by atoms with E-state index in [0.29, 0.717) is 16.8 Å². The molecule has 4 nitrogen and oxygen atoms in total. The van der Waals surface area contributed by atoms with Crippen molar-refractivity contribution in [3.8, 4) is 0 Å². The van der Waals surface area contributed by atoms with Crippen molar-refractivity contribution >= 4 is 12.2 Å². The first-order chi connectivity index (χ1) is 7.49. The van der Waals surface area contributed by atoms with Crippen LogP contribution in [0.15, 0.2) is 4.79 Å². The van der Waals surface area contributed by atoms with Crippen molar-refractivity contribution in [3.63, 3.8) is 0 Å². The van der Waals surface area contributed by atoms with Crippen molar-refractivity contribution in [1.29, 1.82) is 0 Å². The van der Waals surface area contributed by atoms with Gasteiger partial charge in [0, 0.05) is 12.1 Å². The molecule has 1 aromatic rings. The van der Waals surface area contributed by atoms with Crippen molar-refractivity contribution in [3.05, 3.63) is 26.4 Å². The van der Waals surface area contributed by atoms with Gasteiger partial charge in [-0.25, -0.2) is 0 Å². The van der Waals surface area contributed by atoms with Gasteiger partial charge in [0.15, 0.2) is 4.77 Å². The summed E-state index contributed by atoms with van der Waals surface area (Å²) in [4.78, 5) is 17.6. The quantitative estimate of drug-likeness (QED) is 0.739. The summed E-state index contributed by atoms with van der Waals surface area (Å²) in [5.41, 5.74) is 1.51. The van der Waals surface area contributed by atoms with Crippen molar-refractivity contribution in [2.45, 2.75) is 39.4 Å². The monoisotopic (exact) mass is 240 g/mol. The molecule has 0 bridgehead atoms. The number of aromatic nitrogens is 2. The third-order valence-electron chi connectivity index (χ3n) is 2.82. The first-order valence-electron chi connectivity index (χ1n) is 5.50. The van der Waals surface area contributed by atoms with Gasteiger partial charge in [0.05, 0.1) is 17.8 Å². The molecular formula is C11H16N2O2S. The summed E-state index contributed by atoms with van der Waals surface area (Å²) in [5, 5.41) is 0. The molecule has 2 rings (SSSR count). The Morgan fingerprint density at radius 1 is 1.44 bits per heavy atom. The molecular weight excluding hydrogens is 224 g/mol. The second kappa shape index (κ2) is 4.14. The van der Waals surface area contributed by atoms with Gasteiger partial charge >= 0.3 is 0 Å². The van der Waals surface area contributed by atoms with Crippen molar-refractivity contribution < 1.29 is 4.74 Å². The van der Waals surface area contributed by atoms with E-state index in [1.54, 1.807) is 0 Å². The molecule has 0 amide bonds. The van der Waals surface area contributed by atoms with Crippen molar-refractivity contribution in [2.24, 2.45) is 5.92 Å². The molecule has 0 aromatic carbocycles. The SMILES string of the molecule is CC1Cc2[nH]c(=S)[nH]c(=O)c2C(C(C)C)O1. The fourth-order valence-corrected chi connectivity index (χ4v) is 2.37. The molecule has 1 aromatic heterocycles. The predicted molar refractivity (Wildman–Crippen MR) is 64.1 cm³/mol. The van der Waals surface area contributed by atoms with Crippen LogP contribution in [0.25, 0.3) is 0 Å². The van der Waals surface area contributed by atoms with E-state index < -0.39 is 0 Å². The molecule has 0 fully saturated rings. The summed E-state index contributed by atoms with van der Waals surface area (Å²) in [5.74, 6) is 0.270. The van der Waals surface area contributed by atoms with Crippen molar-refractivity contribution in [1.82, 2.24) is 9.97 Å². The van der Waals surface area contributed by atoms with Crippen LogP contribution in [-0.2, 0) is 11.2 Å². The Balaban J connectivity index is 2.61. The average molecular weight is 240 g/mol. The highest BCUT2D eigenvalue weighted by Crippen LogP contribution is 2.31. The molecule has 5 heteroatoms. The van der Waals surface area contributed by atoms with E-state index in [0.717, 1.165) is 5.69 Å². The summed E-state index contributed by atoms with van der Waals surface area (Å²) in [6, 6.07) is 0. The van der Waals surface area contributed by atoms with E-state index in [9.17, 15) is 4.79 Å². The van der Waals surface area contributed by atoms with Crippen molar-refractivity contribution in [2.75, 3.05) is 0 Å². The molecule has 1 aliphatic rings. The highest BCUT2D eigenvalue weighted by Gasteiger charge is 2.30. The molecule has 0 saturated carbocycles. The average Bonchev–Trinajstić information content (AvgIpc) is 2.14. The Hall–Kier alpha value is -0.940. The van der Waals surface area contributed by atoms with Gasteiger partial charge in [0.25, 0.3) is 5.56 Å². The van der Waals surface area contributed by atoms with Gasteiger partial charge in [0.2, 0.25) is 0 Å². The van der Waals surface area contributed by atoms with Crippen LogP contribution in [0, 0.1) is 10.7 Å². The molecule has 0 radical (unpaired) electrons. The van der Waals surface area contributed by atoms with Crippen LogP contribution in [0.5, 0.6) is 0 Å². The number of rotatable bonds is 1. The van der Waals surface area contributed by atoms with Gasteiger partial charge in [-0.15, -0.1) is 0 Å². The normalized spacial score (nSPS) is 24.5. The largest absolute Gasteiger partial charge is 0.370 e. The highest BCUT2D eigenvalue weighted by atomic mass is 32.1. The molecule has 16 heavy (non-hydrogen) atoms. The van der Waals surface area contributed by atoms with E-state index in [1.165, 1.54) is 0 Å². The van der Waals surface area contributed by atoms with Gasteiger partial charge in [-0.3, -0.25) is 9.78 Å². The second-order valence-electron chi connectivity index (χ2n) is 4.62. The maximum atomic E-state index is 11.9. The third kappa shape index (κ3) is 1.97. The standard InChI is InChI=1S/C11H16N2O2S/c1-5(2)9-8-7(4-6(3)15-9)12-11(16)13-10(8)14/h5-6,9H,4H2,1-3H3,(H2,12,13,14,16). The molecule has 2 heterocycles. The molecule has 1 aliphatic heterocycles. The van der Waals surface area contributed by atoms with E-state index in [1.807, 2.05) is 20.8 Å². The zero-order chi connectivity index (χ0) is 11.9. The summed E-state index contributed by atoms with van der Waals surface area (Å²) < 4.78 is 6.21. The fraction of sp³-hybridized carbons (Fsp3) is 0.636. The highest BCUT2D eigenvalue weighted by molar-refractivity contribution is 7.71. The third-order valence-corrected chi connectivity index (χ3v) is 3.03. The maximum absolute atomic E-state index is 11.9. The molecule has 0 spiro atoms. The zero-order valence-electron chi connectivity index (χ0n) is 9.66. The summed E-state index contributed by atoms with van der Waals surface area (Å²) in [6.45, 7) is 6.11. The minimum atomic E-state index is -0.144. The number of hydrogen-bond acceptors (Lipinski definition) is 3. The van der Waals surface area contributed by atoms with Gasteiger partial charge in [-0.2, -0.15) is 0 Å². The lowest BCUT2D eigenvalue weighted by Gasteiger charge is -2.31. The Morgan fingerprint density at radius 2 is 2.12 bits per heavy atom. The number of H-pyrrole nitrogens is 2. The molecule has 2 atom stereocenters. The predicted octanol–water partition coefficient (Wildman–Crippen LogP) is 2.09. The first-order valence-corrected chi connectivity index (χ1v) is 5.90. The van der Waals surface area contributed by atoms with Crippen LogP contribution in [-0.4, -0.2) is 16.1 Å². The number of nitrogens with one attached hydrogen (secondary N) is 2. The maximum Gasteiger partial charge on any atom is 0.257 e. The molecule has 2 unspecified atom stereocenters. The molecule has 0 aliphatic carbocycles. The first kappa shape index (κ1) is 11.5. The number of ether oxygens (including phenoxy) is 1. The van der Waals surface area contributed by atoms with Crippen LogP contribution in [0.3, 0.4) is 0 Å². The lowest BCUT2D eigenvalue weighted by atomic mass is 9.93. The van der Waals surface area contributed by atoms with Crippen LogP contribution < -0.4 is 5.56 Å². The molecule has 2 N–H and O–H groups in total. The lowest BCUT2D eigenvalue weighted by Crippen LogP contribution is -2.33. The van der Waals surface area contributed by atoms with Crippen LogP contribution in [0.1, 0.15) is 38.1 Å². The second-order valence-corrected chi connectivity index (χ2v) is 5.02. The van der Waals surface area contributed by atoms with Crippen LogP contribution >= 0.6 is 12.2 Å². The summed E-state index contributed by atoms with van der Waals surface area (Å²) in [7, 11) is 0. The Labute approximate surface area is 99.1 Å². The van der Waals surface area contributed by atoms with E-state index >= 15 is 0 Å². The van der Waals surface area contributed by atoms with E-state index in [4.69, 9.17) is 17.0 Å². The Morgan fingerprint density at radius 3 is 2.75 bits per heavy atom. The lowest BCUT2D eigenvalue weighted by molar-refractivity contribution is -0.0421. The Bertz CT molecular complexity index is 503. The van der Waals surface area contributed by atoms with Gasteiger partial charge in [-0.1, -0.05) is 13.8 Å². The van der Waals surface area contributed by atoms with Crippen LogP contribution in [0.2, 0.25) is 0 Å². The van der Waals surface area contributed by atoms with Crippen LogP contribution in [0.4, 0.5) is 0 Å². The van der Waals surface area contributed by atoms with Gasteiger partial charge in [0.1, 0.15) is 0 Å². The number of hydrogen-bond donors (Lipinski definition) is 2. The zero-order valence-corrected chi connectivity index (χ0v) is 10.5. The number of aromatic amines is 2.